The molecule has 3 aromatic rings. The van der Waals surface area contributed by atoms with Gasteiger partial charge in [0.15, 0.2) is 6.61 Å². The summed E-state index contributed by atoms with van der Waals surface area (Å²) < 4.78 is 5.06. The fourth-order valence-electron chi connectivity index (χ4n) is 2.52. The number of hydrogen-bond donors (Lipinski definition) is 1. The molecule has 6 heteroatoms. The van der Waals surface area contributed by atoms with E-state index in [1.54, 1.807) is 12.1 Å². The molecule has 27 heavy (non-hydrogen) atoms. The third-order valence-corrected chi connectivity index (χ3v) is 5.08. The Balaban J connectivity index is 1.43. The third kappa shape index (κ3) is 5.74. The Kier molecular flexibility index (Phi) is 6.74. The number of carbonyl (C=O) groups is 2. The van der Waals surface area contributed by atoms with E-state index in [2.05, 4.69) is 5.32 Å². The first kappa shape index (κ1) is 19.3. The second kappa shape index (κ2) is 9.44. The topological polar surface area (TPSA) is 55.4 Å². The van der Waals surface area contributed by atoms with Crippen LogP contribution in [0.25, 0.3) is 10.8 Å². The lowest BCUT2D eigenvalue weighted by molar-refractivity contribution is -0.146. The molecule has 0 atom stereocenters. The average molecular weight is 400 g/mol. The SMILES string of the molecule is O=C(COC(=O)CCSc1ccc(Cl)cc1)Nc1cccc2ccccc12. The number of fused-ring (bicyclic) bond motifs is 1. The largest absolute Gasteiger partial charge is 0.456 e. The number of amides is 1. The highest BCUT2D eigenvalue weighted by Crippen LogP contribution is 2.23. The van der Waals surface area contributed by atoms with E-state index >= 15 is 0 Å². The standard InChI is InChI=1S/C21H18ClNO3S/c22-16-8-10-17(11-9-16)27-13-12-21(25)26-14-20(24)23-19-7-3-5-15-4-1-2-6-18(15)19/h1-11H,12-14H2,(H,23,24). The molecule has 0 aliphatic rings. The fraction of sp³-hybridized carbons (Fsp3) is 0.143. The summed E-state index contributed by atoms with van der Waals surface area (Å²) in [6.07, 6.45) is 0.231. The molecular formula is C21H18ClNO3S. The number of ether oxygens (including phenoxy) is 1. The van der Waals surface area contributed by atoms with Crippen LogP contribution in [0.2, 0.25) is 5.02 Å². The van der Waals surface area contributed by atoms with E-state index in [-0.39, 0.29) is 18.9 Å². The summed E-state index contributed by atoms with van der Waals surface area (Å²) in [5, 5.41) is 5.45. The van der Waals surface area contributed by atoms with Crippen LogP contribution < -0.4 is 5.32 Å². The molecule has 0 unspecified atom stereocenters. The van der Waals surface area contributed by atoms with E-state index in [4.69, 9.17) is 16.3 Å². The van der Waals surface area contributed by atoms with Crippen molar-refractivity contribution in [3.8, 4) is 0 Å². The van der Waals surface area contributed by atoms with Gasteiger partial charge in [-0.05, 0) is 35.7 Å². The van der Waals surface area contributed by atoms with Gasteiger partial charge >= 0.3 is 5.97 Å². The zero-order valence-corrected chi connectivity index (χ0v) is 16.1. The van der Waals surface area contributed by atoms with E-state index < -0.39 is 5.97 Å². The molecule has 1 N–H and O–H groups in total. The maximum absolute atomic E-state index is 12.1. The fourth-order valence-corrected chi connectivity index (χ4v) is 3.48. The van der Waals surface area contributed by atoms with Crippen LogP contribution in [0, 0.1) is 0 Å². The summed E-state index contributed by atoms with van der Waals surface area (Å²) in [7, 11) is 0. The lowest BCUT2D eigenvalue weighted by atomic mass is 10.1. The average Bonchev–Trinajstić information content (AvgIpc) is 2.68. The van der Waals surface area contributed by atoms with E-state index in [1.807, 2.05) is 54.6 Å². The van der Waals surface area contributed by atoms with E-state index in [0.29, 0.717) is 16.5 Å². The van der Waals surface area contributed by atoms with Crippen LogP contribution in [-0.2, 0) is 14.3 Å². The van der Waals surface area contributed by atoms with Crippen molar-refractivity contribution < 1.29 is 14.3 Å². The van der Waals surface area contributed by atoms with E-state index in [1.165, 1.54) is 11.8 Å². The molecule has 0 radical (unpaired) electrons. The Morgan fingerprint density at radius 2 is 1.70 bits per heavy atom. The summed E-state index contributed by atoms with van der Waals surface area (Å²) >= 11 is 7.37. The normalized spacial score (nSPS) is 10.6. The van der Waals surface area contributed by atoms with Gasteiger partial charge in [0.2, 0.25) is 0 Å². The maximum Gasteiger partial charge on any atom is 0.307 e. The van der Waals surface area contributed by atoms with Gasteiger partial charge in [-0.2, -0.15) is 0 Å². The highest BCUT2D eigenvalue weighted by Gasteiger charge is 2.09. The molecule has 0 aromatic heterocycles. The molecule has 3 aromatic carbocycles. The van der Waals surface area contributed by atoms with Crippen molar-refractivity contribution >= 4 is 51.7 Å². The van der Waals surface area contributed by atoms with Gasteiger partial charge < -0.3 is 10.1 Å². The molecule has 0 heterocycles. The zero-order valence-electron chi connectivity index (χ0n) is 14.5. The summed E-state index contributed by atoms with van der Waals surface area (Å²) in [6.45, 7) is -0.298. The molecular weight excluding hydrogens is 382 g/mol. The molecule has 0 spiro atoms. The van der Waals surface area contributed by atoms with E-state index in [9.17, 15) is 9.59 Å². The molecule has 3 rings (SSSR count). The minimum atomic E-state index is -0.399. The molecule has 0 bridgehead atoms. The number of thioether (sulfide) groups is 1. The van der Waals surface area contributed by atoms with Crippen LogP contribution in [0.4, 0.5) is 5.69 Å². The van der Waals surface area contributed by atoms with Gasteiger partial charge in [-0.25, -0.2) is 0 Å². The van der Waals surface area contributed by atoms with Crippen molar-refractivity contribution in [3.63, 3.8) is 0 Å². The van der Waals surface area contributed by atoms with Crippen molar-refractivity contribution in [2.45, 2.75) is 11.3 Å². The molecule has 0 aliphatic heterocycles. The van der Waals surface area contributed by atoms with Gasteiger partial charge in [-0.3, -0.25) is 9.59 Å². The number of halogens is 1. The summed E-state index contributed by atoms with van der Waals surface area (Å²) in [4.78, 5) is 24.9. The highest BCUT2D eigenvalue weighted by molar-refractivity contribution is 7.99. The molecule has 1 amide bonds. The summed E-state index contributed by atoms with van der Waals surface area (Å²) in [5.41, 5.74) is 0.701. The molecule has 0 saturated carbocycles. The number of nitrogens with one attached hydrogen (secondary N) is 1. The first-order valence-electron chi connectivity index (χ1n) is 8.43. The van der Waals surface area contributed by atoms with Crippen LogP contribution >= 0.6 is 23.4 Å². The Morgan fingerprint density at radius 3 is 2.52 bits per heavy atom. The number of rotatable bonds is 7. The number of benzene rings is 3. The van der Waals surface area contributed by atoms with Gasteiger partial charge in [0.1, 0.15) is 0 Å². The number of hydrogen-bond acceptors (Lipinski definition) is 4. The number of carbonyl (C=O) groups excluding carboxylic acids is 2. The van der Waals surface area contributed by atoms with Gasteiger partial charge in [0.05, 0.1) is 6.42 Å². The zero-order chi connectivity index (χ0) is 19.1. The predicted octanol–water partition coefficient (Wildman–Crippen LogP) is 5.16. The Morgan fingerprint density at radius 1 is 0.963 bits per heavy atom. The smallest absolute Gasteiger partial charge is 0.307 e. The molecule has 0 fully saturated rings. The first-order valence-corrected chi connectivity index (χ1v) is 9.80. The van der Waals surface area contributed by atoms with Crippen molar-refractivity contribution in [1.29, 1.82) is 0 Å². The van der Waals surface area contributed by atoms with Gasteiger partial charge in [-0.15, -0.1) is 11.8 Å². The summed E-state index contributed by atoms with van der Waals surface area (Å²) in [5.74, 6) is -0.180. The van der Waals surface area contributed by atoms with Gasteiger partial charge in [0.25, 0.3) is 5.91 Å². The second-order valence-corrected chi connectivity index (χ2v) is 7.39. The second-order valence-electron chi connectivity index (χ2n) is 5.79. The lowest BCUT2D eigenvalue weighted by Crippen LogP contribution is -2.21. The quantitative estimate of drug-likeness (QED) is 0.440. The van der Waals surface area contributed by atoms with Crippen LogP contribution in [0.5, 0.6) is 0 Å². The van der Waals surface area contributed by atoms with Crippen molar-refractivity contribution in [2.24, 2.45) is 0 Å². The van der Waals surface area contributed by atoms with Crippen molar-refractivity contribution in [3.05, 3.63) is 71.8 Å². The Labute approximate surface area is 166 Å². The lowest BCUT2D eigenvalue weighted by Gasteiger charge is -2.09. The van der Waals surface area contributed by atoms with Gasteiger partial charge in [-0.1, -0.05) is 48.0 Å². The van der Waals surface area contributed by atoms with Crippen LogP contribution in [0.15, 0.2) is 71.6 Å². The highest BCUT2D eigenvalue weighted by atomic mass is 35.5. The van der Waals surface area contributed by atoms with Gasteiger partial charge in [0, 0.05) is 26.7 Å². The van der Waals surface area contributed by atoms with Crippen LogP contribution in [-0.4, -0.2) is 24.2 Å². The molecule has 4 nitrogen and oxygen atoms in total. The van der Waals surface area contributed by atoms with Crippen molar-refractivity contribution in [1.82, 2.24) is 0 Å². The minimum Gasteiger partial charge on any atom is -0.456 e. The Bertz CT molecular complexity index is 938. The predicted molar refractivity (Wildman–Crippen MR) is 110 cm³/mol. The number of esters is 1. The number of anilines is 1. The van der Waals surface area contributed by atoms with Crippen molar-refractivity contribution in [2.75, 3.05) is 17.7 Å². The monoisotopic (exact) mass is 399 g/mol. The molecule has 138 valence electrons. The minimum absolute atomic E-state index is 0.231. The van der Waals surface area contributed by atoms with Crippen LogP contribution in [0.3, 0.4) is 0 Å². The molecule has 0 aliphatic carbocycles. The summed E-state index contributed by atoms with van der Waals surface area (Å²) in [6, 6.07) is 20.8. The molecule has 0 saturated heterocycles. The first-order chi connectivity index (χ1) is 13.1. The Hall–Kier alpha value is -2.50. The van der Waals surface area contributed by atoms with E-state index in [0.717, 1.165) is 15.7 Å². The van der Waals surface area contributed by atoms with Crippen LogP contribution in [0.1, 0.15) is 6.42 Å². The third-order valence-electron chi connectivity index (χ3n) is 3.82. The maximum atomic E-state index is 12.1.